The van der Waals surface area contributed by atoms with Crippen molar-refractivity contribution in [3.05, 3.63) is 57.6 Å². The van der Waals surface area contributed by atoms with Crippen molar-refractivity contribution in [1.82, 2.24) is 15.1 Å². The van der Waals surface area contributed by atoms with Crippen LogP contribution in [0.4, 0.5) is 5.69 Å². The summed E-state index contributed by atoms with van der Waals surface area (Å²) in [5, 5.41) is 6.96. The summed E-state index contributed by atoms with van der Waals surface area (Å²) in [6, 6.07) is 7.57. The van der Waals surface area contributed by atoms with Gasteiger partial charge in [0.15, 0.2) is 5.82 Å². The SMILES string of the molecule is Cc1csc(Cc2noc(/C=C/c3ccc(N)cc3)n2)n1. The summed E-state index contributed by atoms with van der Waals surface area (Å²) in [7, 11) is 0. The van der Waals surface area contributed by atoms with Crippen molar-refractivity contribution in [3.63, 3.8) is 0 Å². The van der Waals surface area contributed by atoms with Crippen molar-refractivity contribution >= 4 is 29.2 Å². The Morgan fingerprint density at radius 2 is 2.00 bits per heavy atom. The predicted octanol–water partition coefficient (Wildman–Crippen LogP) is 3.18. The van der Waals surface area contributed by atoms with E-state index in [0.717, 1.165) is 22.0 Å². The van der Waals surface area contributed by atoms with Gasteiger partial charge in [-0.25, -0.2) is 4.98 Å². The minimum absolute atomic E-state index is 0.482. The Balaban J connectivity index is 1.68. The Morgan fingerprint density at radius 1 is 1.19 bits per heavy atom. The number of nitrogen functional groups attached to an aromatic ring is 1. The smallest absolute Gasteiger partial charge is 0.250 e. The molecule has 0 aliphatic heterocycles. The third-order valence-corrected chi connectivity index (χ3v) is 3.78. The first-order chi connectivity index (χ1) is 10.2. The Hall–Kier alpha value is -2.47. The summed E-state index contributed by atoms with van der Waals surface area (Å²) >= 11 is 1.60. The lowest BCUT2D eigenvalue weighted by Gasteiger charge is -1.93. The summed E-state index contributed by atoms with van der Waals surface area (Å²) in [4.78, 5) is 8.71. The molecule has 6 heteroatoms. The molecule has 0 saturated carbocycles. The number of hydrogen-bond acceptors (Lipinski definition) is 6. The number of nitrogens with two attached hydrogens (primary N) is 1. The monoisotopic (exact) mass is 298 g/mol. The van der Waals surface area contributed by atoms with Gasteiger partial charge in [-0.3, -0.25) is 0 Å². The van der Waals surface area contributed by atoms with Crippen LogP contribution < -0.4 is 5.73 Å². The lowest BCUT2D eigenvalue weighted by Crippen LogP contribution is -1.90. The van der Waals surface area contributed by atoms with Crippen LogP contribution in [0.15, 0.2) is 34.2 Å². The molecule has 2 aromatic heterocycles. The zero-order valence-electron chi connectivity index (χ0n) is 11.5. The fourth-order valence-electron chi connectivity index (χ4n) is 1.80. The molecular weight excluding hydrogens is 284 g/mol. The van der Waals surface area contributed by atoms with Gasteiger partial charge in [0.05, 0.1) is 6.42 Å². The van der Waals surface area contributed by atoms with Crippen LogP contribution in [0.1, 0.15) is 28.0 Å². The standard InChI is InChI=1S/C15H14N4OS/c1-10-9-21-15(17-10)8-13-18-14(20-19-13)7-4-11-2-5-12(16)6-3-11/h2-7,9H,8,16H2,1H3/b7-4+. The number of benzene rings is 1. The molecule has 0 fully saturated rings. The van der Waals surface area contributed by atoms with E-state index in [4.69, 9.17) is 10.3 Å². The topological polar surface area (TPSA) is 77.8 Å². The molecule has 0 spiro atoms. The van der Waals surface area contributed by atoms with Gasteiger partial charge in [0.25, 0.3) is 5.89 Å². The molecule has 21 heavy (non-hydrogen) atoms. The van der Waals surface area contributed by atoms with Crippen molar-refractivity contribution in [1.29, 1.82) is 0 Å². The molecule has 0 saturated heterocycles. The average Bonchev–Trinajstić information content (AvgIpc) is 3.08. The Kier molecular flexibility index (Phi) is 3.79. The van der Waals surface area contributed by atoms with E-state index in [-0.39, 0.29) is 0 Å². The van der Waals surface area contributed by atoms with Crippen LogP contribution in [0.25, 0.3) is 12.2 Å². The fraction of sp³-hybridized carbons (Fsp3) is 0.133. The molecule has 3 aromatic rings. The zero-order valence-corrected chi connectivity index (χ0v) is 12.3. The molecule has 1 aromatic carbocycles. The maximum Gasteiger partial charge on any atom is 0.250 e. The first-order valence-electron chi connectivity index (χ1n) is 6.46. The second kappa shape index (κ2) is 5.88. The van der Waals surface area contributed by atoms with Crippen LogP contribution in [-0.2, 0) is 6.42 Å². The summed E-state index contributed by atoms with van der Waals surface area (Å²) in [6.45, 7) is 1.97. The van der Waals surface area contributed by atoms with Crippen molar-refractivity contribution < 1.29 is 4.52 Å². The molecule has 0 aliphatic rings. The van der Waals surface area contributed by atoms with Gasteiger partial charge in [-0.15, -0.1) is 11.3 Å². The third-order valence-electron chi connectivity index (χ3n) is 2.81. The maximum absolute atomic E-state index is 5.64. The highest BCUT2D eigenvalue weighted by molar-refractivity contribution is 7.09. The molecule has 3 rings (SSSR count). The van der Waals surface area contributed by atoms with E-state index < -0.39 is 0 Å². The molecule has 0 aliphatic carbocycles. The Labute approximate surface area is 126 Å². The second-order valence-electron chi connectivity index (χ2n) is 4.61. The first-order valence-corrected chi connectivity index (χ1v) is 7.34. The number of aromatic nitrogens is 3. The largest absolute Gasteiger partial charge is 0.399 e. The predicted molar refractivity (Wildman–Crippen MR) is 83.7 cm³/mol. The van der Waals surface area contributed by atoms with Gasteiger partial charge in [-0.05, 0) is 30.7 Å². The third kappa shape index (κ3) is 3.55. The molecule has 0 bridgehead atoms. The lowest BCUT2D eigenvalue weighted by atomic mass is 10.2. The van der Waals surface area contributed by atoms with Crippen molar-refractivity contribution in [2.75, 3.05) is 5.73 Å². The van der Waals surface area contributed by atoms with Crippen molar-refractivity contribution in [3.8, 4) is 0 Å². The van der Waals surface area contributed by atoms with E-state index >= 15 is 0 Å². The van der Waals surface area contributed by atoms with E-state index in [0.29, 0.717) is 18.1 Å². The highest BCUT2D eigenvalue weighted by atomic mass is 32.1. The molecule has 0 radical (unpaired) electrons. The van der Waals surface area contributed by atoms with E-state index in [1.807, 2.05) is 42.6 Å². The van der Waals surface area contributed by atoms with Gasteiger partial charge in [0.2, 0.25) is 0 Å². The number of hydrogen-bond donors (Lipinski definition) is 1. The number of thiazole rings is 1. The van der Waals surface area contributed by atoms with Crippen LogP contribution >= 0.6 is 11.3 Å². The molecule has 0 unspecified atom stereocenters. The highest BCUT2D eigenvalue weighted by Crippen LogP contribution is 2.14. The average molecular weight is 298 g/mol. The number of rotatable bonds is 4. The second-order valence-corrected chi connectivity index (χ2v) is 5.55. The number of aryl methyl sites for hydroxylation is 1. The molecule has 0 amide bonds. The minimum Gasteiger partial charge on any atom is -0.399 e. The molecule has 0 atom stereocenters. The molecule has 5 nitrogen and oxygen atoms in total. The van der Waals surface area contributed by atoms with Crippen LogP contribution in [-0.4, -0.2) is 15.1 Å². The van der Waals surface area contributed by atoms with E-state index in [9.17, 15) is 0 Å². The summed E-state index contributed by atoms with van der Waals surface area (Å²) in [6.07, 6.45) is 4.29. The van der Waals surface area contributed by atoms with Crippen LogP contribution in [0.2, 0.25) is 0 Å². The maximum atomic E-state index is 5.64. The van der Waals surface area contributed by atoms with E-state index in [1.165, 1.54) is 0 Å². The highest BCUT2D eigenvalue weighted by Gasteiger charge is 2.07. The Morgan fingerprint density at radius 3 is 2.71 bits per heavy atom. The first kappa shape index (κ1) is 13.5. The quantitative estimate of drug-likeness (QED) is 0.748. The molecule has 106 valence electrons. The van der Waals surface area contributed by atoms with E-state index in [2.05, 4.69) is 15.1 Å². The fourth-order valence-corrected chi connectivity index (χ4v) is 2.57. The number of nitrogens with zero attached hydrogens (tertiary/aromatic N) is 3. The normalized spacial score (nSPS) is 11.3. The Bertz CT molecular complexity index is 758. The van der Waals surface area contributed by atoms with Crippen molar-refractivity contribution in [2.45, 2.75) is 13.3 Å². The summed E-state index contributed by atoms with van der Waals surface area (Å²) in [5.74, 6) is 1.12. The van der Waals surface area contributed by atoms with Crippen LogP contribution in [0.3, 0.4) is 0 Å². The van der Waals surface area contributed by atoms with Gasteiger partial charge in [-0.2, -0.15) is 4.98 Å². The van der Waals surface area contributed by atoms with Gasteiger partial charge in [-0.1, -0.05) is 17.3 Å². The number of anilines is 1. The van der Waals surface area contributed by atoms with Gasteiger partial charge in [0.1, 0.15) is 5.01 Å². The van der Waals surface area contributed by atoms with Gasteiger partial charge >= 0.3 is 0 Å². The van der Waals surface area contributed by atoms with Crippen molar-refractivity contribution in [2.24, 2.45) is 0 Å². The van der Waals surface area contributed by atoms with Gasteiger partial charge < -0.3 is 10.3 Å². The van der Waals surface area contributed by atoms with Gasteiger partial charge in [0, 0.05) is 22.8 Å². The minimum atomic E-state index is 0.482. The molecule has 2 heterocycles. The van der Waals surface area contributed by atoms with Crippen LogP contribution in [0, 0.1) is 6.92 Å². The lowest BCUT2D eigenvalue weighted by molar-refractivity contribution is 0.404. The summed E-state index contributed by atoms with van der Waals surface area (Å²) < 4.78 is 5.19. The zero-order chi connectivity index (χ0) is 14.7. The van der Waals surface area contributed by atoms with E-state index in [1.54, 1.807) is 17.4 Å². The molecular formula is C15H14N4OS. The molecule has 2 N–H and O–H groups in total. The summed E-state index contributed by atoms with van der Waals surface area (Å²) in [5.41, 5.74) is 8.43. The van der Waals surface area contributed by atoms with Crippen LogP contribution in [0.5, 0.6) is 0 Å².